The molecule has 0 radical (unpaired) electrons. The highest BCUT2D eigenvalue weighted by Crippen LogP contribution is 2.44. The standard InChI is InChI=1S/C16H24N2/c1-12(2)18-8-7-16(15(17)11-18)9-13-5-3-4-6-14(13)10-16/h3-6,12,15H,7-11,17H2,1-2H3. The van der Waals surface area contributed by atoms with Gasteiger partial charge in [-0.2, -0.15) is 0 Å². The van der Waals surface area contributed by atoms with E-state index in [0.717, 1.165) is 6.54 Å². The third kappa shape index (κ3) is 1.88. The Hall–Kier alpha value is -0.860. The van der Waals surface area contributed by atoms with Gasteiger partial charge in [-0.15, -0.1) is 0 Å². The molecule has 1 fully saturated rings. The molecule has 1 atom stereocenters. The maximum atomic E-state index is 6.54. The van der Waals surface area contributed by atoms with Crippen LogP contribution in [0.5, 0.6) is 0 Å². The van der Waals surface area contributed by atoms with Gasteiger partial charge in [-0.3, -0.25) is 4.90 Å². The number of nitrogens with two attached hydrogens (primary N) is 1. The average Bonchev–Trinajstić information content (AvgIpc) is 2.72. The molecule has 1 aliphatic carbocycles. The Balaban J connectivity index is 1.79. The fraction of sp³-hybridized carbons (Fsp3) is 0.625. The number of nitrogens with zero attached hydrogens (tertiary/aromatic N) is 1. The van der Waals surface area contributed by atoms with E-state index < -0.39 is 0 Å². The van der Waals surface area contributed by atoms with Crippen LogP contribution >= 0.6 is 0 Å². The van der Waals surface area contributed by atoms with Gasteiger partial charge >= 0.3 is 0 Å². The van der Waals surface area contributed by atoms with Crippen LogP contribution in [0.25, 0.3) is 0 Å². The van der Waals surface area contributed by atoms with Crippen LogP contribution < -0.4 is 5.73 Å². The molecular weight excluding hydrogens is 220 g/mol. The maximum absolute atomic E-state index is 6.54. The first kappa shape index (κ1) is 12.2. The highest BCUT2D eigenvalue weighted by atomic mass is 15.2. The maximum Gasteiger partial charge on any atom is 0.0232 e. The zero-order valence-corrected chi connectivity index (χ0v) is 11.5. The van der Waals surface area contributed by atoms with Crippen molar-refractivity contribution >= 4 is 0 Å². The van der Waals surface area contributed by atoms with Crippen molar-refractivity contribution in [2.75, 3.05) is 13.1 Å². The summed E-state index contributed by atoms with van der Waals surface area (Å²) in [4.78, 5) is 2.53. The number of benzene rings is 1. The van der Waals surface area contributed by atoms with Crippen molar-refractivity contribution in [2.45, 2.75) is 45.2 Å². The van der Waals surface area contributed by atoms with Gasteiger partial charge < -0.3 is 5.73 Å². The number of likely N-dealkylation sites (tertiary alicyclic amines) is 1. The topological polar surface area (TPSA) is 29.3 Å². The number of rotatable bonds is 1. The van der Waals surface area contributed by atoms with E-state index in [2.05, 4.69) is 43.0 Å². The van der Waals surface area contributed by atoms with Crippen molar-refractivity contribution in [1.82, 2.24) is 4.90 Å². The Morgan fingerprint density at radius 1 is 1.22 bits per heavy atom. The molecule has 2 nitrogen and oxygen atoms in total. The molecule has 1 aromatic carbocycles. The van der Waals surface area contributed by atoms with Crippen molar-refractivity contribution in [3.05, 3.63) is 35.4 Å². The lowest BCUT2D eigenvalue weighted by molar-refractivity contribution is 0.0661. The summed E-state index contributed by atoms with van der Waals surface area (Å²) >= 11 is 0. The fourth-order valence-corrected chi connectivity index (χ4v) is 3.72. The van der Waals surface area contributed by atoms with E-state index in [-0.39, 0.29) is 0 Å². The van der Waals surface area contributed by atoms with E-state index in [1.165, 1.54) is 36.9 Å². The van der Waals surface area contributed by atoms with Gasteiger partial charge in [-0.05, 0) is 56.2 Å². The molecule has 2 N–H and O–H groups in total. The Morgan fingerprint density at radius 3 is 2.33 bits per heavy atom. The Bertz CT molecular complexity index is 413. The lowest BCUT2D eigenvalue weighted by Gasteiger charge is -2.45. The molecule has 1 heterocycles. The minimum Gasteiger partial charge on any atom is -0.326 e. The third-order valence-corrected chi connectivity index (χ3v) is 5.05. The van der Waals surface area contributed by atoms with Crippen LogP contribution in [0.15, 0.2) is 24.3 Å². The van der Waals surface area contributed by atoms with Gasteiger partial charge in [0.2, 0.25) is 0 Å². The summed E-state index contributed by atoms with van der Waals surface area (Å²) in [5.74, 6) is 0. The van der Waals surface area contributed by atoms with Crippen LogP contribution in [0.4, 0.5) is 0 Å². The Morgan fingerprint density at radius 2 is 1.83 bits per heavy atom. The first-order valence-corrected chi connectivity index (χ1v) is 7.17. The van der Waals surface area contributed by atoms with Crippen LogP contribution in [0.1, 0.15) is 31.4 Å². The molecule has 1 aliphatic heterocycles. The highest BCUT2D eigenvalue weighted by Gasteiger charge is 2.45. The third-order valence-electron chi connectivity index (χ3n) is 5.05. The zero-order valence-electron chi connectivity index (χ0n) is 11.5. The predicted octanol–water partition coefficient (Wildman–Crippen LogP) is 2.21. The largest absolute Gasteiger partial charge is 0.326 e. The smallest absolute Gasteiger partial charge is 0.0232 e. The van der Waals surface area contributed by atoms with Gasteiger partial charge in [0.15, 0.2) is 0 Å². The van der Waals surface area contributed by atoms with E-state index in [1.807, 2.05) is 0 Å². The van der Waals surface area contributed by atoms with E-state index in [4.69, 9.17) is 5.73 Å². The van der Waals surface area contributed by atoms with Crippen LogP contribution in [0.3, 0.4) is 0 Å². The summed E-state index contributed by atoms with van der Waals surface area (Å²) in [5.41, 5.74) is 9.95. The molecule has 0 amide bonds. The molecule has 1 aromatic rings. The summed E-state index contributed by atoms with van der Waals surface area (Å²) in [6.07, 6.45) is 3.63. The predicted molar refractivity (Wildman–Crippen MR) is 75.6 cm³/mol. The van der Waals surface area contributed by atoms with Gasteiger partial charge in [0.1, 0.15) is 0 Å². The lowest BCUT2D eigenvalue weighted by Crippen LogP contribution is -2.57. The summed E-state index contributed by atoms with van der Waals surface area (Å²) in [6.45, 7) is 6.81. The van der Waals surface area contributed by atoms with Crippen LogP contribution in [-0.2, 0) is 12.8 Å². The molecule has 0 bridgehead atoms. The molecule has 18 heavy (non-hydrogen) atoms. The number of hydrogen-bond acceptors (Lipinski definition) is 2. The van der Waals surface area contributed by atoms with E-state index in [0.29, 0.717) is 17.5 Å². The Labute approximate surface area is 110 Å². The Kier molecular flexibility index (Phi) is 2.95. The molecule has 2 aliphatic rings. The van der Waals surface area contributed by atoms with Crippen molar-refractivity contribution in [1.29, 1.82) is 0 Å². The lowest BCUT2D eigenvalue weighted by atomic mass is 9.72. The fourth-order valence-electron chi connectivity index (χ4n) is 3.72. The number of hydrogen-bond donors (Lipinski definition) is 1. The summed E-state index contributed by atoms with van der Waals surface area (Å²) in [6, 6.07) is 9.83. The second-order valence-electron chi connectivity index (χ2n) is 6.43. The average molecular weight is 244 g/mol. The van der Waals surface area contributed by atoms with Crippen LogP contribution in [-0.4, -0.2) is 30.1 Å². The molecule has 1 saturated heterocycles. The van der Waals surface area contributed by atoms with Gasteiger partial charge in [0.05, 0.1) is 0 Å². The monoisotopic (exact) mass is 244 g/mol. The van der Waals surface area contributed by atoms with Crippen LogP contribution in [0, 0.1) is 5.41 Å². The molecule has 2 heteroatoms. The number of piperidine rings is 1. The minimum absolute atomic E-state index is 0.320. The van der Waals surface area contributed by atoms with Gasteiger partial charge in [0.25, 0.3) is 0 Å². The highest BCUT2D eigenvalue weighted by molar-refractivity contribution is 5.35. The molecule has 0 saturated carbocycles. The van der Waals surface area contributed by atoms with Crippen molar-refractivity contribution in [2.24, 2.45) is 11.1 Å². The van der Waals surface area contributed by atoms with E-state index in [1.54, 1.807) is 0 Å². The van der Waals surface area contributed by atoms with Crippen molar-refractivity contribution in [3.8, 4) is 0 Å². The minimum atomic E-state index is 0.320. The first-order valence-electron chi connectivity index (χ1n) is 7.17. The van der Waals surface area contributed by atoms with Crippen molar-refractivity contribution in [3.63, 3.8) is 0 Å². The zero-order chi connectivity index (χ0) is 12.8. The number of fused-ring (bicyclic) bond motifs is 1. The van der Waals surface area contributed by atoms with Gasteiger partial charge in [0, 0.05) is 18.6 Å². The van der Waals surface area contributed by atoms with E-state index >= 15 is 0 Å². The van der Waals surface area contributed by atoms with E-state index in [9.17, 15) is 0 Å². The quantitative estimate of drug-likeness (QED) is 0.820. The first-order chi connectivity index (χ1) is 8.61. The molecule has 1 spiro atoms. The summed E-state index contributed by atoms with van der Waals surface area (Å²) < 4.78 is 0. The summed E-state index contributed by atoms with van der Waals surface area (Å²) in [7, 11) is 0. The van der Waals surface area contributed by atoms with Crippen LogP contribution in [0.2, 0.25) is 0 Å². The van der Waals surface area contributed by atoms with Gasteiger partial charge in [-0.25, -0.2) is 0 Å². The molecule has 98 valence electrons. The normalized spacial score (nSPS) is 26.8. The summed E-state index contributed by atoms with van der Waals surface area (Å²) in [5, 5.41) is 0. The second-order valence-corrected chi connectivity index (χ2v) is 6.43. The van der Waals surface area contributed by atoms with Gasteiger partial charge in [-0.1, -0.05) is 24.3 Å². The SMILES string of the molecule is CC(C)N1CCC2(Cc3ccccc3C2)C(N)C1. The molecule has 3 rings (SSSR count). The molecule has 1 unspecified atom stereocenters. The molecule has 0 aromatic heterocycles. The van der Waals surface area contributed by atoms with Crippen molar-refractivity contribution < 1.29 is 0 Å². The second kappa shape index (κ2) is 4.36. The molecular formula is C16H24N2.